The maximum Gasteiger partial charge on any atom is 0.341 e. The van der Waals surface area contributed by atoms with E-state index in [2.05, 4.69) is 4.98 Å². The van der Waals surface area contributed by atoms with Gasteiger partial charge in [0.1, 0.15) is 11.4 Å². The molecule has 1 aromatic carbocycles. The summed E-state index contributed by atoms with van der Waals surface area (Å²) in [5, 5.41) is 9.10. The molecule has 5 N–H and O–H groups in total. The van der Waals surface area contributed by atoms with Crippen LogP contribution in [-0.2, 0) is 0 Å². The third-order valence-electron chi connectivity index (χ3n) is 4.90. The molecular formula is C19H17F2N5O3. The van der Waals surface area contributed by atoms with Gasteiger partial charge in [-0.25, -0.2) is 18.6 Å². The Morgan fingerprint density at radius 2 is 2.00 bits per heavy atom. The summed E-state index contributed by atoms with van der Waals surface area (Å²) in [7, 11) is 0. The third kappa shape index (κ3) is 3.17. The minimum atomic E-state index is -1.52. The van der Waals surface area contributed by atoms with Crippen LogP contribution in [0.15, 0.2) is 35.3 Å². The van der Waals surface area contributed by atoms with E-state index in [1.807, 2.05) is 0 Å². The van der Waals surface area contributed by atoms with Crippen LogP contribution in [0.2, 0.25) is 0 Å². The van der Waals surface area contributed by atoms with Gasteiger partial charge in [0.25, 0.3) is 0 Å². The summed E-state index contributed by atoms with van der Waals surface area (Å²) < 4.78 is 30.4. The number of halogens is 2. The van der Waals surface area contributed by atoms with Crippen molar-refractivity contribution >= 4 is 28.5 Å². The second-order valence-corrected chi connectivity index (χ2v) is 6.92. The number of rotatable bonds is 3. The summed E-state index contributed by atoms with van der Waals surface area (Å²) >= 11 is 0. The van der Waals surface area contributed by atoms with Crippen LogP contribution in [0.4, 0.5) is 20.3 Å². The highest BCUT2D eigenvalue weighted by Gasteiger charge is 2.26. The molecule has 2 aromatic heterocycles. The Morgan fingerprint density at radius 1 is 1.24 bits per heavy atom. The molecule has 0 saturated carbocycles. The highest BCUT2D eigenvalue weighted by atomic mass is 19.1. The Balaban J connectivity index is 2.07. The number of fused-ring (bicyclic) bond motifs is 1. The number of hydrogen-bond acceptors (Lipinski definition) is 6. The number of benzene rings is 1. The number of aromatic carboxylic acids is 1. The van der Waals surface area contributed by atoms with E-state index in [9.17, 15) is 23.5 Å². The molecule has 1 saturated heterocycles. The average molecular weight is 401 g/mol. The third-order valence-corrected chi connectivity index (χ3v) is 4.90. The van der Waals surface area contributed by atoms with Crippen LogP contribution in [0.3, 0.4) is 0 Å². The van der Waals surface area contributed by atoms with Crippen LogP contribution in [0.5, 0.6) is 0 Å². The lowest BCUT2D eigenvalue weighted by Gasteiger charge is -2.20. The van der Waals surface area contributed by atoms with Gasteiger partial charge in [-0.1, -0.05) is 0 Å². The van der Waals surface area contributed by atoms with E-state index in [4.69, 9.17) is 11.5 Å². The highest BCUT2D eigenvalue weighted by Crippen LogP contribution is 2.27. The van der Waals surface area contributed by atoms with Gasteiger partial charge in [0.05, 0.1) is 11.1 Å². The maximum absolute atomic E-state index is 14.8. The molecule has 1 aliphatic rings. The molecule has 3 heterocycles. The molecule has 8 nitrogen and oxygen atoms in total. The number of carboxylic acids is 1. The number of carbonyl (C=O) groups is 1. The predicted molar refractivity (Wildman–Crippen MR) is 103 cm³/mol. The minimum absolute atomic E-state index is 0.0361. The van der Waals surface area contributed by atoms with E-state index in [0.717, 1.165) is 22.9 Å². The predicted octanol–water partition coefficient (Wildman–Crippen LogP) is 1.48. The number of nitrogens with two attached hydrogens (primary N) is 2. The zero-order valence-corrected chi connectivity index (χ0v) is 15.1. The molecule has 0 amide bonds. The van der Waals surface area contributed by atoms with E-state index in [1.54, 1.807) is 4.90 Å². The number of hydrogen-bond donors (Lipinski definition) is 3. The lowest BCUT2D eigenvalue weighted by Crippen LogP contribution is -2.28. The molecule has 0 spiro atoms. The number of nitrogens with zero attached hydrogens (tertiary/aromatic N) is 3. The first kappa shape index (κ1) is 18.8. The van der Waals surface area contributed by atoms with E-state index in [-0.39, 0.29) is 34.3 Å². The first-order valence-electron chi connectivity index (χ1n) is 8.81. The average Bonchev–Trinajstić information content (AvgIpc) is 3.10. The van der Waals surface area contributed by atoms with E-state index in [1.165, 1.54) is 12.1 Å². The second-order valence-electron chi connectivity index (χ2n) is 6.92. The van der Waals surface area contributed by atoms with Crippen molar-refractivity contribution in [2.24, 2.45) is 5.73 Å². The quantitative estimate of drug-likeness (QED) is 0.567. The fraction of sp³-hybridized carbons (Fsp3) is 0.211. The number of anilines is 2. The van der Waals surface area contributed by atoms with Crippen LogP contribution in [0.1, 0.15) is 16.8 Å². The summed E-state index contributed by atoms with van der Waals surface area (Å²) in [6, 6.07) is 4.51. The normalized spacial score (nSPS) is 16.5. The van der Waals surface area contributed by atoms with Gasteiger partial charge in [-0.15, -0.1) is 0 Å². The summed E-state index contributed by atoms with van der Waals surface area (Å²) in [6.07, 6.45) is 1.61. The largest absolute Gasteiger partial charge is 0.477 e. The fourth-order valence-electron chi connectivity index (χ4n) is 3.47. The zero-order chi connectivity index (χ0) is 20.9. The first-order valence-corrected chi connectivity index (χ1v) is 8.81. The Morgan fingerprint density at radius 3 is 2.66 bits per heavy atom. The van der Waals surface area contributed by atoms with Crippen molar-refractivity contribution < 1.29 is 18.7 Å². The van der Waals surface area contributed by atoms with Crippen molar-refractivity contribution in [2.75, 3.05) is 23.7 Å². The molecule has 150 valence electrons. The molecule has 1 fully saturated rings. The summed E-state index contributed by atoms with van der Waals surface area (Å²) in [4.78, 5) is 30.0. The minimum Gasteiger partial charge on any atom is -0.477 e. The Labute approximate surface area is 163 Å². The molecule has 4 rings (SSSR count). The zero-order valence-electron chi connectivity index (χ0n) is 15.1. The molecule has 0 radical (unpaired) electrons. The number of pyridine rings is 2. The van der Waals surface area contributed by atoms with Crippen LogP contribution < -0.4 is 21.8 Å². The van der Waals surface area contributed by atoms with E-state index in [0.29, 0.717) is 19.5 Å². The van der Waals surface area contributed by atoms with Crippen molar-refractivity contribution in [3.05, 3.63) is 57.9 Å². The Hall–Kier alpha value is -3.53. The van der Waals surface area contributed by atoms with Crippen LogP contribution in [0.25, 0.3) is 16.7 Å². The van der Waals surface area contributed by atoms with Crippen LogP contribution in [-0.4, -0.2) is 39.8 Å². The van der Waals surface area contributed by atoms with Gasteiger partial charge < -0.3 is 21.5 Å². The summed E-state index contributed by atoms with van der Waals surface area (Å²) in [6.45, 7) is 0.847. The molecule has 0 unspecified atom stereocenters. The molecule has 0 bridgehead atoms. The smallest absolute Gasteiger partial charge is 0.341 e. The van der Waals surface area contributed by atoms with E-state index < -0.39 is 28.6 Å². The van der Waals surface area contributed by atoms with Gasteiger partial charge in [-0.2, -0.15) is 0 Å². The molecular weight excluding hydrogens is 384 g/mol. The van der Waals surface area contributed by atoms with Crippen LogP contribution >= 0.6 is 0 Å². The van der Waals surface area contributed by atoms with Gasteiger partial charge in [-0.05, 0) is 30.7 Å². The van der Waals surface area contributed by atoms with Gasteiger partial charge in [0, 0.05) is 31.0 Å². The maximum atomic E-state index is 14.8. The standard InChI is InChI=1S/C19H17F2N5O3/c20-13-2-1-9(22)5-15(13)26-8-12(19(28)29)16(27)11-6-14(21)18(24-17(11)26)25-4-3-10(23)7-25/h1-2,5-6,8,10H,3-4,7,22-23H2,(H,28,29)/t10-/m0/s1. The first-order chi connectivity index (χ1) is 13.8. The van der Waals surface area contributed by atoms with Crippen molar-refractivity contribution in [1.82, 2.24) is 9.55 Å². The molecule has 0 aliphatic carbocycles. The number of carboxylic acid groups (broad SMARTS) is 1. The van der Waals surface area contributed by atoms with Crippen molar-refractivity contribution in [1.29, 1.82) is 0 Å². The van der Waals surface area contributed by atoms with Gasteiger partial charge in [0.2, 0.25) is 5.43 Å². The molecule has 1 aliphatic heterocycles. The van der Waals surface area contributed by atoms with Crippen molar-refractivity contribution in [3.63, 3.8) is 0 Å². The SMILES string of the molecule is Nc1ccc(F)c(-n2cc(C(=O)O)c(=O)c3cc(F)c(N4CC[C@H](N)C4)nc32)c1. The van der Waals surface area contributed by atoms with Gasteiger partial charge in [-0.3, -0.25) is 9.36 Å². The second kappa shape index (κ2) is 6.82. The molecule has 3 aromatic rings. The Kier molecular flexibility index (Phi) is 4.42. The summed E-state index contributed by atoms with van der Waals surface area (Å²) in [5.74, 6) is -3.06. The van der Waals surface area contributed by atoms with Crippen LogP contribution in [0, 0.1) is 11.6 Å². The summed E-state index contributed by atoms with van der Waals surface area (Å²) in [5.41, 5.74) is 10.1. The lowest BCUT2D eigenvalue weighted by molar-refractivity contribution is 0.0695. The topological polar surface area (TPSA) is 127 Å². The number of nitrogen functional groups attached to an aromatic ring is 1. The van der Waals surface area contributed by atoms with Crippen molar-refractivity contribution in [2.45, 2.75) is 12.5 Å². The van der Waals surface area contributed by atoms with Crippen molar-refractivity contribution in [3.8, 4) is 5.69 Å². The molecule has 1 atom stereocenters. The number of aromatic nitrogens is 2. The highest BCUT2D eigenvalue weighted by molar-refractivity contribution is 5.92. The molecule has 10 heteroatoms. The lowest BCUT2D eigenvalue weighted by atomic mass is 10.1. The van der Waals surface area contributed by atoms with Gasteiger partial charge >= 0.3 is 5.97 Å². The Bertz CT molecular complexity index is 1210. The monoisotopic (exact) mass is 401 g/mol. The fourth-order valence-corrected chi connectivity index (χ4v) is 3.47. The molecule has 29 heavy (non-hydrogen) atoms. The van der Waals surface area contributed by atoms with Gasteiger partial charge in [0.15, 0.2) is 17.3 Å². The van der Waals surface area contributed by atoms with E-state index >= 15 is 0 Å².